The molecular formula is C22H30N4O4S. The molecule has 1 saturated carbocycles. The van der Waals surface area contributed by atoms with Gasteiger partial charge < -0.3 is 20.4 Å². The van der Waals surface area contributed by atoms with E-state index >= 15 is 0 Å². The number of thiophene rings is 1. The van der Waals surface area contributed by atoms with Crippen LogP contribution < -0.4 is 10.6 Å². The number of piperazine rings is 1. The van der Waals surface area contributed by atoms with Crippen molar-refractivity contribution in [2.24, 2.45) is 5.92 Å². The summed E-state index contributed by atoms with van der Waals surface area (Å²) in [5, 5.41) is 7.43. The first kappa shape index (κ1) is 21.8. The molecule has 3 heterocycles. The highest BCUT2D eigenvalue weighted by Crippen LogP contribution is 2.27. The van der Waals surface area contributed by atoms with E-state index < -0.39 is 12.1 Å². The van der Waals surface area contributed by atoms with Gasteiger partial charge in [-0.25, -0.2) is 0 Å². The van der Waals surface area contributed by atoms with Crippen LogP contribution in [0.25, 0.3) is 0 Å². The number of carbonyl (C=O) groups is 4. The van der Waals surface area contributed by atoms with Gasteiger partial charge in [-0.15, -0.1) is 11.3 Å². The van der Waals surface area contributed by atoms with Crippen molar-refractivity contribution >= 4 is 35.0 Å². The molecule has 0 bridgehead atoms. The van der Waals surface area contributed by atoms with Crippen LogP contribution in [-0.4, -0.2) is 71.7 Å². The van der Waals surface area contributed by atoms with Crippen molar-refractivity contribution in [1.29, 1.82) is 0 Å². The van der Waals surface area contributed by atoms with Crippen molar-refractivity contribution in [2.75, 3.05) is 26.2 Å². The van der Waals surface area contributed by atoms with Crippen LogP contribution in [0, 0.1) is 5.92 Å². The fraction of sp³-hybridized carbons (Fsp3) is 0.636. The summed E-state index contributed by atoms with van der Waals surface area (Å²) in [6, 6.07) is 2.16. The van der Waals surface area contributed by atoms with E-state index in [0.29, 0.717) is 30.9 Å². The third kappa shape index (κ3) is 4.92. The quantitative estimate of drug-likeness (QED) is 0.730. The molecule has 4 amide bonds. The number of rotatable bonds is 4. The Morgan fingerprint density at radius 2 is 1.87 bits per heavy atom. The predicted octanol–water partition coefficient (Wildman–Crippen LogP) is 1.38. The summed E-state index contributed by atoms with van der Waals surface area (Å²) in [5.74, 6) is -0.653. The van der Waals surface area contributed by atoms with Crippen LogP contribution in [-0.2, 0) is 14.4 Å². The first-order chi connectivity index (χ1) is 15.0. The first-order valence-electron chi connectivity index (χ1n) is 11.3. The highest BCUT2D eigenvalue weighted by Gasteiger charge is 2.40. The largest absolute Gasteiger partial charge is 0.354 e. The van der Waals surface area contributed by atoms with Crippen LogP contribution in [0.5, 0.6) is 0 Å². The number of hydrogen-bond acceptors (Lipinski definition) is 5. The Morgan fingerprint density at radius 3 is 2.58 bits per heavy atom. The molecule has 0 aromatic carbocycles. The summed E-state index contributed by atoms with van der Waals surface area (Å²) in [4.78, 5) is 55.4. The molecule has 9 heteroatoms. The van der Waals surface area contributed by atoms with E-state index in [1.165, 1.54) is 17.8 Å². The van der Waals surface area contributed by atoms with Gasteiger partial charge in [0.25, 0.3) is 5.91 Å². The predicted molar refractivity (Wildman–Crippen MR) is 116 cm³/mol. The molecular weight excluding hydrogens is 416 g/mol. The van der Waals surface area contributed by atoms with Gasteiger partial charge in [-0.05, 0) is 37.1 Å². The van der Waals surface area contributed by atoms with Gasteiger partial charge in [0.05, 0.1) is 11.4 Å². The van der Waals surface area contributed by atoms with Crippen molar-refractivity contribution in [3.63, 3.8) is 0 Å². The Hall–Kier alpha value is -2.42. The fourth-order valence-corrected chi connectivity index (χ4v) is 5.46. The molecule has 3 fully saturated rings. The third-order valence-corrected chi connectivity index (χ3v) is 7.40. The zero-order valence-electron chi connectivity index (χ0n) is 17.7. The van der Waals surface area contributed by atoms with Crippen molar-refractivity contribution in [1.82, 2.24) is 20.4 Å². The van der Waals surface area contributed by atoms with E-state index in [0.717, 1.165) is 32.1 Å². The monoisotopic (exact) mass is 446 g/mol. The second kappa shape index (κ2) is 9.80. The molecule has 2 saturated heterocycles. The summed E-state index contributed by atoms with van der Waals surface area (Å²) in [6.45, 7) is 1.53. The smallest absolute Gasteiger partial charge is 0.264 e. The number of piperidine rings is 1. The molecule has 1 aliphatic carbocycles. The average Bonchev–Trinajstić information content (AvgIpc) is 3.35. The van der Waals surface area contributed by atoms with E-state index in [2.05, 4.69) is 10.6 Å². The number of amides is 4. The van der Waals surface area contributed by atoms with Crippen LogP contribution in [0.4, 0.5) is 0 Å². The van der Waals surface area contributed by atoms with Crippen molar-refractivity contribution in [3.8, 4) is 0 Å². The zero-order chi connectivity index (χ0) is 21.8. The second-order valence-electron chi connectivity index (χ2n) is 8.61. The molecule has 2 aliphatic heterocycles. The Morgan fingerprint density at radius 1 is 1.06 bits per heavy atom. The molecule has 2 atom stereocenters. The minimum Gasteiger partial charge on any atom is -0.354 e. The lowest BCUT2D eigenvalue weighted by Crippen LogP contribution is -2.64. The van der Waals surface area contributed by atoms with E-state index in [9.17, 15) is 19.2 Å². The van der Waals surface area contributed by atoms with Gasteiger partial charge in [0.2, 0.25) is 17.7 Å². The molecule has 4 rings (SSSR count). The minimum atomic E-state index is -0.800. The second-order valence-corrected chi connectivity index (χ2v) is 9.55. The van der Waals surface area contributed by atoms with Gasteiger partial charge in [0, 0.05) is 25.6 Å². The molecule has 0 unspecified atom stereocenters. The minimum absolute atomic E-state index is 0.0149. The van der Waals surface area contributed by atoms with Crippen LogP contribution in [0.1, 0.15) is 54.6 Å². The normalized spacial score (nSPS) is 25.1. The fourth-order valence-electron chi connectivity index (χ4n) is 4.78. The SMILES string of the molecule is O=C(N[C@@H]1CCCNC1=O)[C@H]1CN(C(=O)C2CCCCC2)CCN1C(=O)c1cccs1. The molecule has 31 heavy (non-hydrogen) atoms. The van der Waals surface area contributed by atoms with Crippen molar-refractivity contribution in [2.45, 2.75) is 57.0 Å². The maximum absolute atomic E-state index is 13.2. The Bertz CT molecular complexity index is 821. The number of nitrogens with one attached hydrogen (secondary N) is 2. The van der Waals surface area contributed by atoms with E-state index in [4.69, 9.17) is 0 Å². The molecule has 0 radical (unpaired) electrons. The van der Waals surface area contributed by atoms with E-state index in [1.54, 1.807) is 15.9 Å². The van der Waals surface area contributed by atoms with E-state index in [1.807, 2.05) is 11.4 Å². The van der Waals surface area contributed by atoms with Crippen LogP contribution in [0.3, 0.4) is 0 Å². The van der Waals surface area contributed by atoms with Crippen molar-refractivity contribution < 1.29 is 19.2 Å². The van der Waals surface area contributed by atoms with Gasteiger partial charge in [0.1, 0.15) is 12.1 Å². The van der Waals surface area contributed by atoms with Gasteiger partial charge in [-0.3, -0.25) is 19.2 Å². The lowest BCUT2D eigenvalue weighted by Gasteiger charge is -2.42. The van der Waals surface area contributed by atoms with Crippen LogP contribution in [0.15, 0.2) is 17.5 Å². The summed E-state index contributed by atoms with van der Waals surface area (Å²) < 4.78 is 0. The van der Waals surface area contributed by atoms with E-state index in [-0.39, 0.29) is 36.1 Å². The number of carbonyl (C=O) groups excluding carboxylic acids is 4. The summed E-state index contributed by atoms with van der Waals surface area (Å²) in [5.41, 5.74) is 0. The average molecular weight is 447 g/mol. The molecule has 3 aliphatic rings. The van der Waals surface area contributed by atoms with Gasteiger partial charge in [-0.1, -0.05) is 25.3 Å². The maximum Gasteiger partial charge on any atom is 0.264 e. The highest BCUT2D eigenvalue weighted by molar-refractivity contribution is 7.12. The lowest BCUT2D eigenvalue weighted by molar-refractivity contribution is -0.142. The summed E-state index contributed by atoms with van der Waals surface area (Å²) in [6.07, 6.45) is 6.46. The van der Waals surface area contributed by atoms with Gasteiger partial charge in [-0.2, -0.15) is 0 Å². The molecule has 2 N–H and O–H groups in total. The lowest BCUT2D eigenvalue weighted by atomic mass is 9.88. The molecule has 168 valence electrons. The topological polar surface area (TPSA) is 98.8 Å². The Balaban J connectivity index is 1.50. The first-order valence-corrected chi connectivity index (χ1v) is 12.1. The highest BCUT2D eigenvalue weighted by atomic mass is 32.1. The number of hydrogen-bond donors (Lipinski definition) is 2. The summed E-state index contributed by atoms with van der Waals surface area (Å²) >= 11 is 1.34. The summed E-state index contributed by atoms with van der Waals surface area (Å²) in [7, 11) is 0. The zero-order valence-corrected chi connectivity index (χ0v) is 18.5. The third-order valence-electron chi connectivity index (χ3n) is 6.54. The Kier molecular flexibility index (Phi) is 6.89. The standard InChI is InChI=1S/C22H30N4O4S/c27-19-16(8-4-10-23-19)24-20(28)17-14-25(21(29)15-6-2-1-3-7-15)11-12-26(17)22(30)18-9-5-13-31-18/h5,9,13,15-17H,1-4,6-8,10-12,14H2,(H,23,27)(H,24,28)/t16-,17-/m1/s1. The van der Waals surface area contributed by atoms with Crippen LogP contribution >= 0.6 is 11.3 Å². The molecule has 0 spiro atoms. The molecule has 1 aromatic rings. The maximum atomic E-state index is 13.2. The Labute approximate surface area is 186 Å². The molecule has 8 nitrogen and oxygen atoms in total. The van der Waals surface area contributed by atoms with Crippen molar-refractivity contribution in [3.05, 3.63) is 22.4 Å². The van der Waals surface area contributed by atoms with Crippen LogP contribution in [0.2, 0.25) is 0 Å². The van der Waals surface area contributed by atoms with Gasteiger partial charge in [0.15, 0.2) is 0 Å². The van der Waals surface area contributed by atoms with Gasteiger partial charge >= 0.3 is 0 Å². The molecule has 1 aromatic heterocycles. The number of nitrogens with zero attached hydrogens (tertiary/aromatic N) is 2.